The van der Waals surface area contributed by atoms with E-state index >= 15 is 0 Å². The summed E-state index contributed by atoms with van der Waals surface area (Å²) in [7, 11) is 0. The minimum atomic E-state index is -0.156. The number of ether oxygens (including phenoxy) is 1. The van der Waals surface area contributed by atoms with Crippen LogP contribution in [0.25, 0.3) is 0 Å². The summed E-state index contributed by atoms with van der Waals surface area (Å²) in [5.41, 5.74) is 2.24. The SMILES string of the molecule is CC1(C)Cc2cccc(CNC(C)(CO)C3CC3)c2O1. The Morgan fingerprint density at radius 3 is 2.80 bits per heavy atom. The minimum absolute atomic E-state index is 0.102. The number of benzene rings is 1. The van der Waals surface area contributed by atoms with Crippen molar-refractivity contribution in [3.05, 3.63) is 29.3 Å². The van der Waals surface area contributed by atoms with Crippen LogP contribution >= 0.6 is 0 Å². The van der Waals surface area contributed by atoms with Gasteiger partial charge in [0.1, 0.15) is 11.4 Å². The van der Waals surface area contributed by atoms with Gasteiger partial charge in [-0.25, -0.2) is 0 Å². The highest BCUT2D eigenvalue weighted by Gasteiger charge is 2.41. The van der Waals surface area contributed by atoms with Crippen LogP contribution in [-0.4, -0.2) is 22.9 Å². The highest BCUT2D eigenvalue weighted by Crippen LogP contribution is 2.41. The molecule has 1 atom stereocenters. The molecule has 0 amide bonds. The largest absolute Gasteiger partial charge is 0.487 e. The third kappa shape index (κ3) is 2.57. The van der Waals surface area contributed by atoms with E-state index in [-0.39, 0.29) is 17.7 Å². The van der Waals surface area contributed by atoms with Gasteiger partial charge in [-0.1, -0.05) is 18.2 Å². The molecule has 20 heavy (non-hydrogen) atoms. The lowest BCUT2D eigenvalue weighted by molar-refractivity contribution is 0.134. The smallest absolute Gasteiger partial charge is 0.127 e. The van der Waals surface area contributed by atoms with Gasteiger partial charge in [0.25, 0.3) is 0 Å². The van der Waals surface area contributed by atoms with Gasteiger partial charge < -0.3 is 15.2 Å². The molecule has 110 valence electrons. The van der Waals surface area contributed by atoms with E-state index in [0.717, 1.165) is 18.7 Å². The average molecular weight is 275 g/mol. The molecule has 3 heteroatoms. The van der Waals surface area contributed by atoms with Crippen LogP contribution in [0.1, 0.15) is 44.7 Å². The Bertz CT molecular complexity index is 508. The number of hydrogen-bond donors (Lipinski definition) is 2. The lowest BCUT2D eigenvalue weighted by Crippen LogP contribution is -2.47. The predicted molar refractivity (Wildman–Crippen MR) is 79.9 cm³/mol. The number of aliphatic hydroxyl groups excluding tert-OH is 1. The van der Waals surface area contributed by atoms with Gasteiger partial charge in [0.2, 0.25) is 0 Å². The molecule has 1 aromatic rings. The molecule has 2 N–H and O–H groups in total. The van der Waals surface area contributed by atoms with E-state index in [1.165, 1.54) is 24.0 Å². The van der Waals surface area contributed by atoms with Crippen molar-refractivity contribution in [2.75, 3.05) is 6.61 Å². The Balaban J connectivity index is 1.75. The second-order valence-corrected chi connectivity index (χ2v) is 7.15. The first-order valence-corrected chi connectivity index (χ1v) is 7.59. The summed E-state index contributed by atoms with van der Waals surface area (Å²) in [5.74, 6) is 1.66. The van der Waals surface area contributed by atoms with Crippen LogP contribution in [0.4, 0.5) is 0 Å². The zero-order valence-corrected chi connectivity index (χ0v) is 12.7. The van der Waals surface area contributed by atoms with Crippen LogP contribution in [0.2, 0.25) is 0 Å². The molecule has 0 spiro atoms. The van der Waals surface area contributed by atoms with Crippen molar-refractivity contribution in [3.63, 3.8) is 0 Å². The van der Waals surface area contributed by atoms with Crippen LogP contribution in [0.15, 0.2) is 18.2 Å². The summed E-state index contributed by atoms with van der Waals surface area (Å²) < 4.78 is 6.10. The van der Waals surface area contributed by atoms with E-state index in [9.17, 15) is 5.11 Å². The Labute approximate surface area is 121 Å². The Kier molecular flexibility index (Phi) is 3.30. The number of para-hydroxylation sites is 1. The first kappa shape index (κ1) is 13.9. The molecule has 1 saturated carbocycles. The maximum Gasteiger partial charge on any atom is 0.127 e. The summed E-state index contributed by atoms with van der Waals surface area (Å²) in [5, 5.41) is 13.2. The molecular weight excluding hydrogens is 250 g/mol. The molecule has 3 nitrogen and oxygen atoms in total. The monoisotopic (exact) mass is 275 g/mol. The van der Waals surface area contributed by atoms with Crippen molar-refractivity contribution in [1.29, 1.82) is 0 Å². The molecule has 0 aromatic heterocycles. The molecule has 1 fully saturated rings. The number of hydrogen-bond acceptors (Lipinski definition) is 3. The Hall–Kier alpha value is -1.06. The van der Waals surface area contributed by atoms with Crippen LogP contribution in [0.5, 0.6) is 5.75 Å². The molecule has 2 aliphatic rings. The molecule has 3 rings (SSSR count). The summed E-state index contributed by atoms with van der Waals surface area (Å²) in [6.45, 7) is 7.34. The normalized spacial score (nSPS) is 23.0. The maximum atomic E-state index is 9.66. The molecular formula is C17H25NO2. The lowest BCUT2D eigenvalue weighted by atomic mass is 9.96. The van der Waals surface area contributed by atoms with Crippen LogP contribution in [0.3, 0.4) is 0 Å². The van der Waals surface area contributed by atoms with Crippen molar-refractivity contribution >= 4 is 0 Å². The first-order valence-electron chi connectivity index (χ1n) is 7.59. The van der Waals surface area contributed by atoms with Crippen molar-refractivity contribution in [3.8, 4) is 5.75 Å². The number of aliphatic hydroxyl groups is 1. The zero-order valence-electron chi connectivity index (χ0n) is 12.7. The highest BCUT2D eigenvalue weighted by molar-refractivity contribution is 5.45. The third-order valence-corrected chi connectivity index (χ3v) is 4.66. The molecule has 1 heterocycles. The van der Waals surface area contributed by atoms with Crippen LogP contribution < -0.4 is 10.1 Å². The second-order valence-electron chi connectivity index (χ2n) is 7.15. The maximum absolute atomic E-state index is 9.66. The van der Waals surface area contributed by atoms with Crippen molar-refractivity contribution in [1.82, 2.24) is 5.32 Å². The molecule has 1 aromatic carbocycles. The van der Waals surface area contributed by atoms with E-state index in [1.807, 2.05) is 0 Å². The molecule has 1 aliphatic carbocycles. The molecule has 1 unspecified atom stereocenters. The third-order valence-electron chi connectivity index (χ3n) is 4.66. The fourth-order valence-electron chi connectivity index (χ4n) is 3.17. The average Bonchev–Trinajstić information content (AvgIpc) is 3.19. The van der Waals surface area contributed by atoms with Gasteiger partial charge in [-0.15, -0.1) is 0 Å². The fourth-order valence-corrected chi connectivity index (χ4v) is 3.17. The predicted octanol–water partition coefficient (Wildman–Crippen LogP) is 2.65. The van der Waals surface area contributed by atoms with Gasteiger partial charge in [0.05, 0.1) is 6.61 Å². The topological polar surface area (TPSA) is 41.5 Å². The van der Waals surface area contributed by atoms with E-state index in [0.29, 0.717) is 5.92 Å². The molecule has 0 radical (unpaired) electrons. The van der Waals surface area contributed by atoms with Crippen LogP contribution in [0, 0.1) is 5.92 Å². The number of nitrogens with one attached hydrogen (secondary N) is 1. The zero-order chi connectivity index (χ0) is 14.4. The summed E-state index contributed by atoms with van der Waals surface area (Å²) >= 11 is 0. The summed E-state index contributed by atoms with van der Waals surface area (Å²) in [6, 6.07) is 6.38. The fraction of sp³-hybridized carbons (Fsp3) is 0.647. The van der Waals surface area contributed by atoms with E-state index in [1.54, 1.807) is 0 Å². The minimum Gasteiger partial charge on any atom is -0.487 e. The van der Waals surface area contributed by atoms with Gasteiger partial charge in [-0.3, -0.25) is 0 Å². The quantitative estimate of drug-likeness (QED) is 0.868. The molecule has 0 bridgehead atoms. The second kappa shape index (κ2) is 4.74. The standard InChI is InChI=1S/C17H25NO2/c1-16(2)9-12-5-4-6-13(15(12)20-16)10-18-17(3,11-19)14-7-8-14/h4-6,14,18-19H,7-11H2,1-3H3. The van der Waals surface area contributed by atoms with Gasteiger partial charge in [-0.2, -0.15) is 0 Å². The van der Waals surface area contributed by atoms with E-state index in [2.05, 4.69) is 44.3 Å². The van der Waals surface area contributed by atoms with Gasteiger partial charge in [-0.05, 0) is 45.1 Å². The Morgan fingerprint density at radius 2 is 2.15 bits per heavy atom. The van der Waals surface area contributed by atoms with E-state index < -0.39 is 0 Å². The molecule has 1 aliphatic heterocycles. The number of fused-ring (bicyclic) bond motifs is 1. The van der Waals surface area contributed by atoms with Crippen molar-refractivity contribution in [2.24, 2.45) is 5.92 Å². The van der Waals surface area contributed by atoms with Gasteiger partial charge in [0.15, 0.2) is 0 Å². The van der Waals surface area contributed by atoms with Crippen LogP contribution in [-0.2, 0) is 13.0 Å². The summed E-state index contributed by atoms with van der Waals surface area (Å²) in [6.07, 6.45) is 3.41. The summed E-state index contributed by atoms with van der Waals surface area (Å²) in [4.78, 5) is 0. The highest BCUT2D eigenvalue weighted by atomic mass is 16.5. The van der Waals surface area contributed by atoms with E-state index in [4.69, 9.17) is 4.74 Å². The first-order chi connectivity index (χ1) is 9.43. The lowest BCUT2D eigenvalue weighted by Gasteiger charge is -2.29. The molecule has 0 saturated heterocycles. The Morgan fingerprint density at radius 1 is 1.40 bits per heavy atom. The van der Waals surface area contributed by atoms with Crippen molar-refractivity contribution in [2.45, 2.75) is 57.7 Å². The van der Waals surface area contributed by atoms with Gasteiger partial charge in [0, 0.05) is 24.1 Å². The van der Waals surface area contributed by atoms with Crippen molar-refractivity contribution < 1.29 is 9.84 Å². The van der Waals surface area contributed by atoms with Gasteiger partial charge >= 0.3 is 0 Å². The number of rotatable bonds is 5.